The summed E-state index contributed by atoms with van der Waals surface area (Å²) >= 11 is 0. The molecule has 0 aliphatic carbocycles. The van der Waals surface area contributed by atoms with Crippen LogP contribution in [0.15, 0.2) is 42.5 Å². The maximum atomic E-state index is 12.3. The summed E-state index contributed by atoms with van der Waals surface area (Å²) in [7, 11) is 1.42. The lowest BCUT2D eigenvalue weighted by molar-refractivity contribution is -0.394. The van der Waals surface area contributed by atoms with Crippen molar-refractivity contribution in [2.24, 2.45) is 0 Å². The second-order valence-electron chi connectivity index (χ2n) is 4.83. The Morgan fingerprint density at radius 1 is 0.920 bits per heavy atom. The van der Waals surface area contributed by atoms with Gasteiger partial charge in [-0.3, -0.25) is 29.8 Å². The first-order valence-electron chi connectivity index (χ1n) is 6.90. The van der Waals surface area contributed by atoms with Crippen LogP contribution >= 0.6 is 0 Å². The summed E-state index contributed by atoms with van der Waals surface area (Å²) in [5.41, 5.74) is -1.09. The number of carbonyl (C=O) groups excluding carboxylic acids is 2. The number of nitrogens with one attached hydrogen (secondary N) is 2. The minimum Gasteiger partial charge on any atom is -0.355 e. The normalized spacial score (nSPS) is 9.96. The van der Waals surface area contributed by atoms with E-state index in [0.29, 0.717) is 0 Å². The van der Waals surface area contributed by atoms with Crippen molar-refractivity contribution in [3.05, 3.63) is 73.8 Å². The van der Waals surface area contributed by atoms with Gasteiger partial charge < -0.3 is 10.6 Å². The fourth-order valence-electron chi connectivity index (χ4n) is 2.06. The molecule has 0 aromatic heterocycles. The Kier molecular flexibility index (Phi) is 5.03. The summed E-state index contributed by atoms with van der Waals surface area (Å²) < 4.78 is 0. The van der Waals surface area contributed by atoms with E-state index in [9.17, 15) is 29.8 Å². The molecule has 0 heterocycles. The second-order valence-corrected chi connectivity index (χ2v) is 4.83. The number of carbonyl (C=O) groups is 2. The number of hydrogen-bond acceptors (Lipinski definition) is 6. The fourth-order valence-corrected chi connectivity index (χ4v) is 2.06. The van der Waals surface area contributed by atoms with Crippen LogP contribution in [0.5, 0.6) is 0 Å². The highest BCUT2D eigenvalue weighted by molar-refractivity contribution is 6.09. The molecule has 2 rings (SSSR count). The molecule has 0 spiro atoms. The van der Waals surface area contributed by atoms with Crippen LogP contribution in [-0.2, 0) is 0 Å². The molecule has 0 saturated heterocycles. The molecule has 25 heavy (non-hydrogen) atoms. The Bertz CT molecular complexity index is 848. The maximum absolute atomic E-state index is 12.3. The number of anilines is 1. The predicted molar refractivity (Wildman–Crippen MR) is 87.5 cm³/mol. The van der Waals surface area contributed by atoms with Gasteiger partial charge in [0, 0.05) is 19.2 Å². The molecule has 0 atom stereocenters. The Morgan fingerprint density at radius 2 is 1.48 bits per heavy atom. The van der Waals surface area contributed by atoms with Crippen molar-refractivity contribution in [3.63, 3.8) is 0 Å². The van der Waals surface area contributed by atoms with E-state index in [1.54, 1.807) is 12.1 Å². The molecule has 0 aliphatic rings. The maximum Gasteiger partial charge on any atom is 0.277 e. The first-order valence-corrected chi connectivity index (χ1v) is 6.90. The van der Waals surface area contributed by atoms with Crippen LogP contribution < -0.4 is 10.6 Å². The Hall–Kier alpha value is -3.82. The van der Waals surface area contributed by atoms with Gasteiger partial charge in [0.15, 0.2) is 0 Å². The minimum absolute atomic E-state index is 0.168. The first-order chi connectivity index (χ1) is 11.8. The Labute approximate surface area is 140 Å². The number of hydrogen-bond donors (Lipinski definition) is 2. The lowest BCUT2D eigenvalue weighted by Gasteiger charge is -2.10. The van der Waals surface area contributed by atoms with Gasteiger partial charge in [-0.1, -0.05) is 12.1 Å². The van der Waals surface area contributed by atoms with Crippen LogP contribution in [0.1, 0.15) is 20.7 Å². The van der Waals surface area contributed by atoms with E-state index >= 15 is 0 Å². The van der Waals surface area contributed by atoms with Crippen LogP contribution in [0.2, 0.25) is 0 Å². The highest BCUT2D eigenvalue weighted by Gasteiger charge is 2.21. The van der Waals surface area contributed by atoms with E-state index in [2.05, 4.69) is 10.6 Å². The highest BCUT2D eigenvalue weighted by Crippen LogP contribution is 2.24. The molecule has 0 radical (unpaired) electrons. The molecule has 0 fully saturated rings. The third-order valence-electron chi connectivity index (χ3n) is 3.23. The minimum atomic E-state index is -0.831. The van der Waals surface area contributed by atoms with Gasteiger partial charge in [-0.2, -0.15) is 0 Å². The van der Waals surface area contributed by atoms with Crippen LogP contribution in [-0.4, -0.2) is 28.7 Å². The van der Waals surface area contributed by atoms with E-state index in [1.165, 1.54) is 19.2 Å². The van der Waals surface area contributed by atoms with Crippen molar-refractivity contribution in [2.75, 3.05) is 12.4 Å². The number of amides is 2. The summed E-state index contributed by atoms with van der Waals surface area (Å²) in [6.45, 7) is 0. The van der Waals surface area contributed by atoms with Crippen molar-refractivity contribution in [1.29, 1.82) is 0 Å². The molecule has 10 heteroatoms. The quantitative estimate of drug-likeness (QED) is 0.627. The molecule has 0 unspecified atom stereocenters. The van der Waals surface area contributed by atoms with Gasteiger partial charge >= 0.3 is 0 Å². The zero-order valence-corrected chi connectivity index (χ0v) is 12.9. The lowest BCUT2D eigenvalue weighted by atomic mass is 10.1. The van der Waals surface area contributed by atoms with Gasteiger partial charge in [0.1, 0.15) is 0 Å². The van der Waals surface area contributed by atoms with E-state index < -0.39 is 33.0 Å². The molecule has 0 bridgehead atoms. The van der Waals surface area contributed by atoms with Crippen LogP contribution in [0.3, 0.4) is 0 Å². The number of non-ortho nitro benzene ring substituents is 2. The number of nitro benzene ring substituents is 2. The van der Waals surface area contributed by atoms with Gasteiger partial charge in [0.2, 0.25) is 0 Å². The van der Waals surface area contributed by atoms with Crippen molar-refractivity contribution < 1.29 is 19.4 Å². The molecular weight excluding hydrogens is 332 g/mol. The fraction of sp³-hybridized carbons (Fsp3) is 0.0667. The standard InChI is InChI=1S/C15H12N4O6/c1-16-15(21)12-4-2-3-5-13(12)17-14(20)9-6-10(18(22)23)8-11(7-9)19(24)25/h2-8H,1H3,(H,16,21)(H,17,20). The monoisotopic (exact) mass is 344 g/mol. The zero-order valence-electron chi connectivity index (χ0n) is 12.9. The third kappa shape index (κ3) is 3.93. The molecule has 10 nitrogen and oxygen atoms in total. The summed E-state index contributed by atoms with van der Waals surface area (Å²) in [6.07, 6.45) is 0. The van der Waals surface area contributed by atoms with Crippen molar-refractivity contribution in [1.82, 2.24) is 5.32 Å². The van der Waals surface area contributed by atoms with Gasteiger partial charge in [-0.15, -0.1) is 0 Å². The second kappa shape index (κ2) is 7.17. The van der Waals surface area contributed by atoms with Crippen molar-refractivity contribution in [3.8, 4) is 0 Å². The van der Waals surface area contributed by atoms with Gasteiger partial charge in [-0.25, -0.2) is 0 Å². The summed E-state index contributed by atoms with van der Waals surface area (Å²) in [4.78, 5) is 44.3. The van der Waals surface area contributed by atoms with Gasteiger partial charge in [-0.05, 0) is 12.1 Å². The number of rotatable bonds is 5. The molecule has 0 aliphatic heterocycles. The molecule has 128 valence electrons. The number of nitro groups is 2. The molecule has 2 amide bonds. The average Bonchev–Trinajstić information content (AvgIpc) is 2.60. The summed E-state index contributed by atoms with van der Waals surface area (Å²) in [5, 5.41) is 26.6. The topological polar surface area (TPSA) is 144 Å². The molecule has 2 aromatic carbocycles. The number of nitrogens with zero attached hydrogens (tertiary/aromatic N) is 2. The average molecular weight is 344 g/mol. The van der Waals surface area contributed by atoms with Gasteiger partial charge in [0.25, 0.3) is 23.2 Å². The third-order valence-corrected chi connectivity index (χ3v) is 3.23. The lowest BCUT2D eigenvalue weighted by Crippen LogP contribution is -2.21. The SMILES string of the molecule is CNC(=O)c1ccccc1NC(=O)c1cc([N+](=O)[O-])cc([N+](=O)[O-])c1. The summed E-state index contributed by atoms with van der Waals surface area (Å²) in [6, 6.07) is 8.72. The smallest absolute Gasteiger partial charge is 0.277 e. The Balaban J connectivity index is 2.41. The molecule has 2 aromatic rings. The first kappa shape index (κ1) is 17.5. The molecular formula is C15H12N4O6. The van der Waals surface area contributed by atoms with Crippen LogP contribution in [0, 0.1) is 20.2 Å². The molecule has 0 saturated carbocycles. The molecule has 2 N–H and O–H groups in total. The van der Waals surface area contributed by atoms with Crippen LogP contribution in [0.4, 0.5) is 17.1 Å². The highest BCUT2D eigenvalue weighted by atomic mass is 16.6. The number of benzene rings is 2. The number of para-hydroxylation sites is 1. The Morgan fingerprint density at radius 3 is 2.00 bits per heavy atom. The van der Waals surface area contributed by atoms with E-state index in [0.717, 1.165) is 18.2 Å². The van der Waals surface area contributed by atoms with Crippen molar-refractivity contribution >= 4 is 28.9 Å². The van der Waals surface area contributed by atoms with E-state index in [-0.39, 0.29) is 16.8 Å². The van der Waals surface area contributed by atoms with E-state index in [4.69, 9.17) is 0 Å². The zero-order chi connectivity index (χ0) is 18.6. The van der Waals surface area contributed by atoms with Crippen molar-refractivity contribution in [2.45, 2.75) is 0 Å². The largest absolute Gasteiger partial charge is 0.355 e. The predicted octanol–water partition coefficient (Wildman–Crippen LogP) is 2.11. The summed E-state index contributed by atoms with van der Waals surface area (Å²) in [5.74, 6) is -1.26. The van der Waals surface area contributed by atoms with Gasteiger partial charge in [0.05, 0.1) is 32.7 Å². The van der Waals surface area contributed by atoms with E-state index in [1.807, 2.05) is 0 Å². The van der Waals surface area contributed by atoms with Crippen LogP contribution in [0.25, 0.3) is 0 Å².